The van der Waals surface area contributed by atoms with Gasteiger partial charge in [0.25, 0.3) is 17.5 Å². The largest absolute Gasteiger partial charge is 0.442 e. The highest BCUT2D eigenvalue weighted by atomic mass is 32.1. The minimum Gasteiger partial charge on any atom is -0.442 e. The number of carbonyl (C=O) groups is 3. The fraction of sp³-hybridized carbons (Fsp3) is 0.200. The average Bonchev–Trinajstić information content (AvgIpc) is 3.49. The summed E-state index contributed by atoms with van der Waals surface area (Å²) in [6.07, 6.45) is -0.761. The van der Waals surface area contributed by atoms with Crippen molar-refractivity contribution in [1.82, 2.24) is 15.1 Å². The first-order valence-corrected chi connectivity index (χ1v) is 12.0. The average molecular weight is 522 g/mol. The van der Waals surface area contributed by atoms with Crippen molar-refractivity contribution in [3.63, 3.8) is 0 Å². The van der Waals surface area contributed by atoms with E-state index in [4.69, 9.17) is 4.74 Å². The summed E-state index contributed by atoms with van der Waals surface area (Å²) in [5.74, 6) is -0.914. The third-order valence-electron chi connectivity index (χ3n) is 5.08. The Hall–Kier alpha value is -4.58. The SMILES string of the molecule is CC(C)(C)OC(=O)n1nc(NC(=O)c2ccc([N+](=O)[O-])cc2)c2cc(C(=O)NCc3cccs3)ccc21. The second kappa shape index (κ2) is 10.2. The van der Waals surface area contributed by atoms with E-state index in [0.29, 0.717) is 23.0 Å². The quantitative estimate of drug-likeness (QED) is 0.269. The van der Waals surface area contributed by atoms with Crippen LogP contribution in [0.4, 0.5) is 16.3 Å². The summed E-state index contributed by atoms with van der Waals surface area (Å²) in [5.41, 5.74) is -0.175. The monoisotopic (exact) mass is 521 g/mol. The zero-order valence-corrected chi connectivity index (χ0v) is 21.0. The van der Waals surface area contributed by atoms with Crippen LogP contribution in [0, 0.1) is 10.1 Å². The van der Waals surface area contributed by atoms with Crippen molar-refractivity contribution in [2.24, 2.45) is 0 Å². The molecule has 0 aliphatic carbocycles. The van der Waals surface area contributed by atoms with Crippen LogP contribution in [-0.2, 0) is 11.3 Å². The smallest absolute Gasteiger partial charge is 0.435 e. The molecule has 2 N–H and O–H groups in total. The van der Waals surface area contributed by atoms with E-state index in [0.717, 1.165) is 9.56 Å². The predicted octanol–water partition coefficient (Wildman–Crippen LogP) is 4.97. The number of nitro groups is 1. The number of nitrogens with one attached hydrogen (secondary N) is 2. The van der Waals surface area contributed by atoms with Gasteiger partial charge in [-0.3, -0.25) is 19.7 Å². The van der Waals surface area contributed by atoms with Gasteiger partial charge in [0.2, 0.25) is 0 Å². The summed E-state index contributed by atoms with van der Waals surface area (Å²) in [6.45, 7) is 5.49. The fourth-order valence-electron chi connectivity index (χ4n) is 3.39. The van der Waals surface area contributed by atoms with Gasteiger partial charge in [-0.05, 0) is 62.5 Å². The van der Waals surface area contributed by atoms with Gasteiger partial charge in [-0.25, -0.2) is 4.79 Å². The van der Waals surface area contributed by atoms with Crippen LogP contribution < -0.4 is 10.6 Å². The van der Waals surface area contributed by atoms with E-state index in [1.54, 1.807) is 32.9 Å². The third-order valence-corrected chi connectivity index (χ3v) is 5.96. The van der Waals surface area contributed by atoms with Crippen molar-refractivity contribution < 1.29 is 24.0 Å². The van der Waals surface area contributed by atoms with Crippen molar-refractivity contribution in [3.8, 4) is 0 Å². The molecule has 2 heterocycles. The zero-order chi connectivity index (χ0) is 26.7. The Morgan fingerprint density at radius 1 is 1.05 bits per heavy atom. The molecule has 0 atom stereocenters. The Kier molecular flexibility index (Phi) is 7.02. The van der Waals surface area contributed by atoms with Gasteiger partial charge in [-0.15, -0.1) is 16.4 Å². The lowest BCUT2D eigenvalue weighted by Crippen LogP contribution is -2.27. The van der Waals surface area contributed by atoms with Gasteiger partial charge in [0.05, 0.1) is 17.0 Å². The van der Waals surface area contributed by atoms with E-state index >= 15 is 0 Å². The van der Waals surface area contributed by atoms with E-state index in [2.05, 4.69) is 15.7 Å². The molecule has 2 aromatic heterocycles. The number of anilines is 1. The van der Waals surface area contributed by atoms with Gasteiger partial charge in [0, 0.05) is 33.5 Å². The number of aromatic nitrogens is 2. The number of benzene rings is 2. The van der Waals surface area contributed by atoms with Crippen LogP contribution in [0.25, 0.3) is 10.9 Å². The Morgan fingerprint density at radius 2 is 1.76 bits per heavy atom. The first-order valence-electron chi connectivity index (χ1n) is 11.1. The van der Waals surface area contributed by atoms with E-state index in [1.165, 1.54) is 41.7 Å². The minimum absolute atomic E-state index is 0.0251. The highest BCUT2D eigenvalue weighted by molar-refractivity contribution is 7.09. The summed E-state index contributed by atoms with van der Waals surface area (Å²) in [7, 11) is 0. The first kappa shape index (κ1) is 25.5. The number of ether oxygens (including phenoxy) is 1. The molecular formula is C25H23N5O6S. The van der Waals surface area contributed by atoms with Crippen molar-refractivity contribution in [3.05, 3.63) is 86.1 Å². The molecule has 0 saturated heterocycles. The van der Waals surface area contributed by atoms with Crippen molar-refractivity contribution >= 4 is 51.7 Å². The number of fused-ring (bicyclic) bond motifs is 1. The summed E-state index contributed by atoms with van der Waals surface area (Å²) >= 11 is 1.52. The second-order valence-electron chi connectivity index (χ2n) is 8.99. The number of nitro benzene ring substituents is 1. The van der Waals surface area contributed by atoms with Gasteiger partial charge in [-0.1, -0.05) is 6.07 Å². The maximum atomic E-state index is 12.9. The Morgan fingerprint density at radius 3 is 2.38 bits per heavy atom. The lowest BCUT2D eigenvalue weighted by Gasteiger charge is -2.19. The van der Waals surface area contributed by atoms with E-state index in [1.807, 2.05) is 17.5 Å². The molecule has 2 amide bonds. The molecule has 0 aliphatic rings. The molecule has 37 heavy (non-hydrogen) atoms. The highest BCUT2D eigenvalue weighted by Gasteiger charge is 2.24. The molecule has 4 aromatic rings. The number of hydrogen-bond donors (Lipinski definition) is 2. The Bertz CT molecular complexity index is 1490. The van der Waals surface area contributed by atoms with E-state index < -0.39 is 22.5 Å². The predicted molar refractivity (Wildman–Crippen MR) is 138 cm³/mol. The van der Waals surface area contributed by atoms with Crippen LogP contribution in [0.3, 0.4) is 0 Å². The summed E-state index contributed by atoms with van der Waals surface area (Å²) in [5, 5.41) is 22.9. The molecule has 0 spiro atoms. The maximum absolute atomic E-state index is 12.9. The van der Waals surface area contributed by atoms with Gasteiger partial charge >= 0.3 is 6.09 Å². The van der Waals surface area contributed by atoms with Gasteiger partial charge < -0.3 is 15.4 Å². The number of thiophene rings is 1. The van der Waals surface area contributed by atoms with E-state index in [-0.39, 0.29) is 23.0 Å². The van der Waals surface area contributed by atoms with E-state index in [9.17, 15) is 24.5 Å². The van der Waals surface area contributed by atoms with Gasteiger partial charge in [0.15, 0.2) is 5.82 Å². The molecular weight excluding hydrogens is 498 g/mol. The Labute approximate surface area is 215 Å². The number of rotatable bonds is 6. The summed E-state index contributed by atoms with van der Waals surface area (Å²) in [4.78, 5) is 49.8. The number of carbonyl (C=O) groups excluding carboxylic acids is 3. The Balaban J connectivity index is 1.67. The van der Waals surface area contributed by atoms with Crippen molar-refractivity contribution in [2.75, 3.05) is 5.32 Å². The van der Waals surface area contributed by atoms with Crippen LogP contribution in [0.2, 0.25) is 0 Å². The van der Waals surface area contributed by atoms with Crippen LogP contribution >= 0.6 is 11.3 Å². The van der Waals surface area contributed by atoms with Crippen LogP contribution in [0.1, 0.15) is 46.4 Å². The zero-order valence-electron chi connectivity index (χ0n) is 20.2. The number of non-ortho nitro benzene ring substituents is 1. The molecule has 0 fully saturated rings. The lowest BCUT2D eigenvalue weighted by molar-refractivity contribution is -0.384. The fourth-order valence-corrected chi connectivity index (χ4v) is 4.04. The molecule has 190 valence electrons. The van der Waals surface area contributed by atoms with Crippen LogP contribution in [0.15, 0.2) is 60.0 Å². The summed E-state index contributed by atoms with van der Waals surface area (Å²) < 4.78 is 6.45. The second-order valence-corrected chi connectivity index (χ2v) is 10.0. The number of nitrogens with zero attached hydrogens (tertiary/aromatic N) is 3. The molecule has 11 nitrogen and oxygen atoms in total. The molecule has 0 bridgehead atoms. The van der Waals surface area contributed by atoms with Crippen LogP contribution in [0.5, 0.6) is 0 Å². The summed E-state index contributed by atoms with van der Waals surface area (Å²) in [6, 6.07) is 13.5. The molecule has 0 radical (unpaired) electrons. The number of hydrogen-bond acceptors (Lipinski definition) is 8. The molecule has 4 rings (SSSR count). The first-order chi connectivity index (χ1) is 17.5. The normalized spacial score (nSPS) is 11.2. The molecule has 2 aromatic carbocycles. The molecule has 12 heteroatoms. The van der Waals surface area contributed by atoms with Crippen LogP contribution in [-0.4, -0.2) is 38.2 Å². The minimum atomic E-state index is -0.793. The molecule has 0 aliphatic heterocycles. The third kappa shape index (κ3) is 5.98. The molecule has 0 saturated carbocycles. The van der Waals surface area contributed by atoms with Gasteiger partial charge in [0.1, 0.15) is 5.60 Å². The molecule has 0 unspecified atom stereocenters. The standard InChI is InChI=1S/C25H23N5O6S/c1-25(2,3)36-24(33)29-20-11-8-16(22(31)26-14-18-5-4-12-37-18)13-19(20)21(28-29)27-23(32)15-6-9-17(10-7-15)30(34)35/h4-13H,14H2,1-3H3,(H,26,31)(H,27,28,32). The highest BCUT2D eigenvalue weighted by Crippen LogP contribution is 2.26. The number of amides is 2. The van der Waals surface area contributed by atoms with Crippen molar-refractivity contribution in [2.45, 2.75) is 32.9 Å². The topological polar surface area (TPSA) is 145 Å². The van der Waals surface area contributed by atoms with Gasteiger partial charge in [-0.2, -0.15) is 4.68 Å². The maximum Gasteiger partial charge on any atom is 0.435 e. The lowest BCUT2D eigenvalue weighted by atomic mass is 10.1. The van der Waals surface area contributed by atoms with Crippen molar-refractivity contribution in [1.29, 1.82) is 0 Å².